The minimum absolute atomic E-state index is 0.0198. The summed E-state index contributed by atoms with van der Waals surface area (Å²) in [6, 6.07) is 0.261. The molecule has 4 nitrogen and oxygen atoms in total. The van der Waals surface area contributed by atoms with Crippen LogP contribution in [-0.2, 0) is 4.74 Å². The van der Waals surface area contributed by atoms with E-state index < -0.39 is 5.60 Å². The molecule has 1 amide bonds. The van der Waals surface area contributed by atoms with Crippen LogP contribution < -0.4 is 0 Å². The van der Waals surface area contributed by atoms with Crippen molar-refractivity contribution < 1.29 is 14.6 Å². The summed E-state index contributed by atoms with van der Waals surface area (Å²) in [5.41, 5.74) is -0.459. The van der Waals surface area contributed by atoms with Gasteiger partial charge in [0.25, 0.3) is 0 Å². The largest absolute Gasteiger partial charge is 0.444 e. The third-order valence-electron chi connectivity index (χ3n) is 3.39. The minimum Gasteiger partial charge on any atom is -0.444 e. The van der Waals surface area contributed by atoms with Crippen molar-refractivity contribution in [3.05, 3.63) is 0 Å². The number of ether oxygens (including phenoxy) is 1. The number of nitrogens with zero attached hydrogens (tertiary/aromatic N) is 1. The Hall–Kier alpha value is -0.770. The van der Waals surface area contributed by atoms with E-state index in [-0.39, 0.29) is 24.3 Å². The third-order valence-corrected chi connectivity index (χ3v) is 3.39. The molecule has 2 saturated heterocycles. The molecule has 1 N–H and O–H groups in total. The highest BCUT2D eigenvalue weighted by molar-refractivity contribution is 5.69. The lowest BCUT2D eigenvalue weighted by Gasteiger charge is -2.38. The summed E-state index contributed by atoms with van der Waals surface area (Å²) in [7, 11) is 0. The van der Waals surface area contributed by atoms with E-state index in [9.17, 15) is 9.90 Å². The van der Waals surface area contributed by atoms with Crippen LogP contribution >= 0.6 is 0 Å². The molecule has 0 saturated carbocycles. The molecule has 16 heavy (non-hydrogen) atoms. The maximum absolute atomic E-state index is 12.0. The Bertz CT molecular complexity index is 284. The lowest BCUT2D eigenvalue weighted by Crippen LogP contribution is -2.51. The average Bonchev–Trinajstić information content (AvgIpc) is 2.46. The Kier molecular flexibility index (Phi) is 2.86. The van der Waals surface area contributed by atoms with Gasteiger partial charge in [-0.25, -0.2) is 4.79 Å². The SMILES string of the molecule is CC(C)(C)OC(=O)N1[C@@H]2CC[C@@H]1[C@@H](O)CC2. The molecule has 92 valence electrons. The van der Waals surface area contributed by atoms with Crippen molar-refractivity contribution in [2.75, 3.05) is 0 Å². The van der Waals surface area contributed by atoms with Crippen LogP contribution in [0, 0.1) is 0 Å². The van der Waals surface area contributed by atoms with Gasteiger partial charge in [0, 0.05) is 6.04 Å². The maximum atomic E-state index is 12.0. The number of amides is 1. The fourth-order valence-corrected chi connectivity index (χ4v) is 2.73. The predicted molar refractivity (Wildman–Crippen MR) is 60.1 cm³/mol. The van der Waals surface area contributed by atoms with E-state index in [0.717, 1.165) is 25.7 Å². The monoisotopic (exact) mass is 227 g/mol. The van der Waals surface area contributed by atoms with Gasteiger partial charge in [0.15, 0.2) is 0 Å². The summed E-state index contributed by atoms with van der Waals surface area (Å²) in [4.78, 5) is 13.8. The number of carbonyl (C=O) groups excluding carboxylic acids is 1. The maximum Gasteiger partial charge on any atom is 0.410 e. The van der Waals surface area contributed by atoms with Gasteiger partial charge in [-0.05, 0) is 46.5 Å². The topological polar surface area (TPSA) is 49.8 Å². The highest BCUT2D eigenvalue weighted by Gasteiger charge is 2.45. The number of aliphatic hydroxyl groups excluding tert-OH is 1. The van der Waals surface area contributed by atoms with Crippen molar-refractivity contribution >= 4 is 6.09 Å². The highest BCUT2D eigenvalue weighted by atomic mass is 16.6. The highest BCUT2D eigenvalue weighted by Crippen LogP contribution is 2.36. The quantitative estimate of drug-likeness (QED) is 0.687. The van der Waals surface area contributed by atoms with Crippen molar-refractivity contribution in [1.29, 1.82) is 0 Å². The van der Waals surface area contributed by atoms with E-state index in [4.69, 9.17) is 4.74 Å². The van der Waals surface area contributed by atoms with Gasteiger partial charge < -0.3 is 9.84 Å². The van der Waals surface area contributed by atoms with Crippen LogP contribution in [0.4, 0.5) is 4.79 Å². The normalized spacial score (nSPS) is 34.0. The van der Waals surface area contributed by atoms with Crippen molar-refractivity contribution in [2.24, 2.45) is 0 Å². The van der Waals surface area contributed by atoms with E-state index in [1.54, 1.807) is 4.90 Å². The average molecular weight is 227 g/mol. The second-order valence-corrected chi connectivity index (χ2v) is 5.83. The molecule has 0 spiro atoms. The Labute approximate surface area is 96.6 Å². The molecule has 2 heterocycles. The zero-order chi connectivity index (χ0) is 11.9. The standard InChI is InChI=1S/C12H21NO3/c1-12(2,3)16-11(15)13-8-4-6-9(13)10(14)7-5-8/h8-10,14H,4-7H2,1-3H3/t8-,9-,10+/m1/s1. The van der Waals surface area contributed by atoms with Crippen LogP contribution in [0.1, 0.15) is 46.5 Å². The number of hydrogen-bond donors (Lipinski definition) is 1. The van der Waals surface area contributed by atoms with Gasteiger partial charge in [-0.1, -0.05) is 0 Å². The van der Waals surface area contributed by atoms with Crippen LogP contribution in [0.25, 0.3) is 0 Å². The molecular weight excluding hydrogens is 206 g/mol. The van der Waals surface area contributed by atoms with Gasteiger partial charge in [0.05, 0.1) is 12.1 Å². The smallest absolute Gasteiger partial charge is 0.410 e. The Morgan fingerprint density at radius 3 is 2.50 bits per heavy atom. The molecule has 0 aromatic heterocycles. The van der Waals surface area contributed by atoms with Gasteiger partial charge in [0.2, 0.25) is 0 Å². The molecule has 0 aromatic carbocycles. The molecule has 3 atom stereocenters. The van der Waals surface area contributed by atoms with Gasteiger partial charge in [0.1, 0.15) is 5.60 Å². The van der Waals surface area contributed by atoms with Crippen LogP contribution in [0.2, 0.25) is 0 Å². The lowest BCUT2D eigenvalue weighted by molar-refractivity contribution is -0.0221. The number of hydrogen-bond acceptors (Lipinski definition) is 3. The fraction of sp³-hybridized carbons (Fsp3) is 0.917. The molecule has 0 radical (unpaired) electrons. The first-order chi connectivity index (χ1) is 7.38. The summed E-state index contributed by atoms with van der Waals surface area (Å²) in [6.45, 7) is 5.60. The van der Waals surface area contributed by atoms with Crippen LogP contribution in [-0.4, -0.2) is 39.9 Å². The second kappa shape index (κ2) is 3.91. The third kappa shape index (κ3) is 2.17. The van der Waals surface area contributed by atoms with E-state index in [1.165, 1.54) is 0 Å². The van der Waals surface area contributed by atoms with Gasteiger partial charge in [-0.3, -0.25) is 4.90 Å². The summed E-state index contributed by atoms with van der Waals surface area (Å²) in [6.07, 6.45) is 2.99. The van der Waals surface area contributed by atoms with E-state index in [2.05, 4.69) is 0 Å². The molecule has 2 aliphatic heterocycles. The summed E-state index contributed by atoms with van der Waals surface area (Å²) in [5.74, 6) is 0. The zero-order valence-corrected chi connectivity index (χ0v) is 10.3. The van der Waals surface area contributed by atoms with Crippen LogP contribution in [0.3, 0.4) is 0 Å². The van der Waals surface area contributed by atoms with Gasteiger partial charge >= 0.3 is 6.09 Å². The number of piperidine rings is 1. The van der Waals surface area contributed by atoms with Crippen LogP contribution in [0.5, 0.6) is 0 Å². The number of rotatable bonds is 0. The number of carbonyl (C=O) groups is 1. The fourth-order valence-electron chi connectivity index (χ4n) is 2.73. The summed E-state index contributed by atoms with van der Waals surface area (Å²) < 4.78 is 5.38. The molecule has 2 bridgehead atoms. The van der Waals surface area contributed by atoms with Gasteiger partial charge in [-0.15, -0.1) is 0 Å². The molecule has 0 unspecified atom stereocenters. The first-order valence-electron chi connectivity index (χ1n) is 6.08. The van der Waals surface area contributed by atoms with Crippen molar-refractivity contribution in [1.82, 2.24) is 4.90 Å². The van der Waals surface area contributed by atoms with E-state index in [1.807, 2.05) is 20.8 Å². The van der Waals surface area contributed by atoms with Gasteiger partial charge in [-0.2, -0.15) is 0 Å². The molecule has 4 heteroatoms. The summed E-state index contributed by atoms with van der Waals surface area (Å²) >= 11 is 0. The number of fused-ring (bicyclic) bond motifs is 2. The van der Waals surface area contributed by atoms with E-state index >= 15 is 0 Å². The molecule has 0 aliphatic carbocycles. The first-order valence-corrected chi connectivity index (χ1v) is 6.08. The van der Waals surface area contributed by atoms with Crippen molar-refractivity contribution in [3.63, 3.8) is 0 Å². The lowest BCUT2D eigenvalue weighted by atomic mass is 10.0. The van der Waals surface area contributed by atoms with E-state index in [0.29, 0.717) is 0 Å². The summed E-state index contributed by atoms with van der Waals surface area (Å²) in [5, 5.41) is 9.86. The Balaban J connectivity index is 2.07. The zero-order valence-electron chi connectivity index (χ0n) is 10.3. The van der Waals surface area contributed by atoms with Crippen molar-refractivity contribution in [3.8, 4) is 0 Å². The molecule has 2 fully saturated rings. The molecular formula is C12H21NO3. The Morgan fingerprint density at radius 1 is 1.25 bits per heavy atom. The second-order valence-electron chi connectivity index (χ2n) is 5.83. The Morgan fingerprint density at radius 2 is 1.88 bits per heavy atom. The van der Waals surface area contributed by atoms with Crippen LogP contribution in [0.15, 0.2) is 0 Å². The number of aliphatic hydroxyl groups is 1. The van der Waals surface area contributed by atoms with Crippen molar-refractivity contribution in [2.45, 2.75) is 70.2 Å². The minimum atomic E-state index is -0.459. The molecule has 0 aromatic rings. The molecule has 2 rings (SSSR count). The predicted octanol–water partition coefficient (Wildman–Crippen LogP) is 1.91. The first kappa shape index (κ1) is 11.7. The molecule has 2 aliphatic rings.